The van der Waals surface area contributed by atoms with Gasteiger partial charge in [0.25, 0.3) is 0 Å². The van der Waals surface area contributed by atoms with Gasteiger partial charge in [0.1, 0.15) is 6.61 Å². The fourth-order valence-corrected chi connectivity index (χ4v) is 1.44. The van der Waals surface area contributed by atoms with Crippen molar-refractivity contribution in [3.05, 3.63) is 35.9 Å². The van der Waals surface area contributed by atoms with Gasteiger partial charge in [-0.2, -0.15) is 0 Å². The Bertz CT molecular complexity index is 327. The van der Waals surface area contributed by atoms with Crippen molar-refractivity contribution >= 4 is 6.09 Å². The van der Waals surface area contributed by atoms with E-state index in [9.17, 15) is 4.79 Å². The Morgan fingerprint density at radius 2 is 2.12 bits per heavy atom. The Labute approximate surface area is 102 Å². The monoisotopic (exact) mass is 236 g/mol. The first kappa shape index (κ1) is 13.5. The molecular weight excluding hydrogens is 216 g/mol. The van der Waals surface area contributed by atoms with Gasteiger partial charge in [0, 0.05) is 12.6 Å². The summed E-state index contributed by atoms with van der Waals surface area (Å²) < 4.78 is 5.00. The third-order valence-corrected chi connectivity index (χ3v) is 2.29. The van der Waals surface area contributed by atoms with E-state index in [1.54, 1.807) is 0 Å². The van der Waals surface area contributed by atoms with Crippen LogP contribution in [0.1, 0.15) is 18.9 Å². The molecule has 94 valence electrons. The molecule has 4 heteroatoms. The molecule has 0 heterocycles. The summed E-state index contributed by atoms with van der Waals surface area (Å²) in [5, 5.41) is 2.63. The molecule has 1 unspecified atom stereocenters. The van der Waals surface area contributed by atoms with Crippen LogP contribution < -0.4 is 11.1 Å². The highest BCUT2D eigenvalue weighted by Crippen LogP contribution is 2.02. The SMILES string of the molecule is CCCNC(=O)OCC(N)Cc1ccccc1. The van der Waals surface area contributed by atoms with E-state index in [2.05, 4.69) is 5.32 Å². The summed E-state index contributed by atoms with van der Waals surface area (Å²) in [6.45, 7) is 2.86. The molecular formula is C13H20N2O2. The highest BCUT2D eigenvalue weighted by Gasteiger charge is 2.07. The fourth-order valence-electron chi connectivity index (χ4n) is 1.44. The molecule has 0 radical (unpaired) electrons. The molecule has 0 aliphatic heterocycles. The fraction of sp³-hybridized carbons (Fsp3) is 0.462. The molecule has 4 nitrogen and oxygen atoms in total. The van der Waals surface area contributed by atoms with Crippen LogP contribution in [0.5, 0.6) is 0 Å². The van der Waals surface area contributed by atoms with Gasteiger partial charge >= 0.3 is 6.09 Å². The van der Waals surface area contributed by atoms with Gasteiger partial charge in [-0.25, -0.2) is 4.79 Å². The van der Waals surface area contributed by atoms with Crippen molar-refractivity contribution in [3.8, 4) is 0 Å². The van der Waals surface area contributed by atoms with Crippen molar-refractivity contribution in [2.24, 2.45) is 5.73 Å². The summed E-state index contributed by atoms with van der Waals surface area (Å²) in [6.07, 6.45) is 1.21. The molecule has 1 amide bonds. The van der Waals surface area contributed by atoms with Gasteiger partial charge in [-0.15, -0.1) is 0 Å². The normalized spacial score (nSPS) is 11.9. The van der Waals surface area contributed by atoms with Crippen LogP contribution in [0, 0.1) is 0 Å². The largest absolute Gasteiger partial charge is 0.448 e. The van der Waals surface area contributed by atoms with E-state index in [0.717, 1.165) is 12.0 Å². The number of nitrogens with two attached hydrogens (primary N) is 1. The molecule has 17 heavy (non-hydrogen) atoms. The highest BCUT2D eigenvalue weighted by molar-refractivity contribution is 5.67. The lowest BCUT2D eigenvalue weighted by atomic mass is 10.1. The van der Waals surface area contributed by atoms with Crippen LogP contribution in [-0.2, 0) is 11.2 Å². The van der Waals surface area contributed by atoms with Crippen molar-refractivity contribution in [3.63, 3.8) is 0 Å². The topological polar surface area (TPSA) is 64.3 Å². The molecule has 1 atom stereocenters. The van der Waals surface area contributed by atoms with E-state index in [4.69, 9.17) is 10.5 Å². The summed E-state index contributed by atoms with van der Waals surface area (Å²) in [4.78, 5) is 11.2. The third-order valence-electron chi connectivity index (χ3n) is 2.29. The maximum absolute atomic E-state index is 11.2. The average Bonchev–Trinajstić information content (AvgIpc) is 2.35. The Hall–Kier alpha value is -1.55. The second-order valence-corrected chi connectivity index (χ2v) is 3.98. The number of hydrogen-bond donors (Lipinski definition) is 2. The van der Waals surface area contributed by atoms with Gasteiger partial charge in [-0.3, -0.25) is 0 Å². The van der Waals surface area contributed by atoms with Crippen LogP contribution in [-0.4, -0.2) is 25.3 Å². The van der Waals surface area contributed by atoms with Crippen LogP contribution >= 0.6 is 0 Å². The first-order valence-electron chi connectivity index (χ1n) is 5.92. The molecule has 0 aromatic heterocycles. The second kappa shape index (κ2) is 7.68. The molecule has 0 fully saturated rings. The lowest BCUT2D eigenvalue weighted by Crippen LogP contribution is -2.33. The molecule has 0 bridgehead atoms. The number of alkyl carbamates (subject to hydrolysis) is 1. The van der Waals surface area contributed by atoms with Crippen molar-refractivity contribution < 1.29 is 9.53 Å². The number of amides is 1. The van der Waals surface area contributed by atoms with E-state index >= 15 is 0 Å². The van der Waals surface area contributed by atoms with Gasteiger partial charge in [0.05, 0.1) is 0 Å². The molecule has 0 saturated heterocycles. The van der Waals surface area contributed by atoms with Crippen LogP contribution in [0.2, 0.25) is 0 Å². The first-order chi connectivity index (χ1) is 8.22. The summed E-state index contributed by atoms with van der Waals surface area (Å²) >= 11 is 0. The van der Waals surface area contributed by atoms with Gasteiger partial charge in [0.15, 0.2) is 0 Å². The quantitative estimate of drug-likeness (QED) is 0.790. The molecule has 0 aliphatic rings. The Morgan fingerprint density at radius 1 is 1.41 bits per heavy atom. The van der Waals surface area contributed by atoms with Crippen LogP contribution in [0.15, 0.2) is 30.3 Å². The number of ether oxygens (including phenoxy) is 1. The molecule has 0 aliphatic carbocycles. The molecule has 0 spiro atoms. The van der Waals surface area contributed by atoms with Crippen molar-refractivity contribution in [2.75, 3.05) is 13.2 Å². The van der Waals surface area contributed by atoms with Crippen LogP contribution in [0.25, 0.3) is 0 Å². The maximum atomic E-state index is 11.2. The van der Waals surface area contributed by atoms with Gasteiger partial charge < -0.3 is 15.8 Å². The van der Waals surface area contributed by atoms with Gasteiger partial charge in [0.2, 0.25) is 0 Å². The van der Waals surface area contributed by atoms with E-state index in [0.29, 0.717) is 13.0 Å². The molecule has 3 N–H and O–H groups in total. The number of carbonyl (C=O) groups excluding carboxylic acids is 1. The van der Waals surface area contributed by atoms with E-state index in [1.807, 2.05) is 37.3 Å². The zero-order chi connectivity index (χ0) is 12.5. The first-order valence-corrected chi connectivity index (χ1v) is 5.92. The van der Waals surface area contributed by atoms with Crippen molar-refractivity contribution in [1.82, 2.24) is 5.32 Å². The van der Waals surface area contributed by atoms with E-state index < -0.39 is 6.09 Å². The minimum Gasteiger partial charge on any atom is -0.448 e. The number of rotatable bonds is 6. The molecule has 1 aromatic rings. The second-order valence-electron chi connectivity index (χ2n) is 3.98. The number of nitrogens with one attached hydrogen (secondary N) is 1. The molecule has 0 saturated carbocycles. The third kappa shape index (κ3) is 5.92. The Kier molecular flexibility index (Phi) is 6.10. The minimum absolute atomic E-state index is 0.162. The van der Waals surface area contributed by atoms with Crippen molar-refractivity contribution in [2.45, 2.75) is 25.8 Å². The molecule has 1 aromatic carbocycles. The predicted molar refractivity (Wildman–Crippen MR) is 67.8 cm³/mol. The summed E-state index contributed by atoms with van der Waals surface area (Å²) in [5.74, 6) is 0. The van der Waals surface area contributed by atoms with Crippen LogP contribution in [0.3, 0.4) is 0 Å². The predicted octanol–water partition coefficient (Wildman–Crippen LogP) is 1.69. The highest BCUT2D eigenvalue weighted by atomic mass is 16.5. The summed E-state index contributed by atoms with van der Waals surface area (Å²) in [6, 6.07) is 9.76. The van der Waals surface area contributed by atoms with Crippen molar-refractivity contribution in [1.29, 1.82) is 0 Å². The Balaban J connectivity index is 2.21. The zero-order valence-corrected chi connectivity index (χ0v) is 10.2. The van der Waals surface area contributed by atoms with E-state index in [-0.39, 0.29) is 12.6 Å². The summed E-state index contributed by atoms with van der Waals surface area (Å²) in [7, 11) is 0. The number of hydrogen-bond acceptors (Lipinski definition) is 3. The van der Waals surface area contributed by atoms with E-state index in [1.165, 1.54) is 0 Å². The maximum Gasteiger partial charge on any atom is 0.407 e. The summed E-state index contributed by atoms with van der Waals surface area (Å²) in [5.41, 5.74) is 7.03. The van der Waals surface area contributed by atoms with Crippen LogP contribution in [0.4, 0.5) is 4.79 Å². The van der Waals surface area contributed by atoms with Gasteiger partial charge in [-0.1, -0.05) is 37.3 Å². The Morgan fingerprint density at radius 3 is 2.76 bits per heavy atom. The average molecular weight is 236 g/mol. The van der Waals surface area contributed by atoms with Gasteiger partial charge in [-0.05, 0) is 18.4 Å². The molecule has 1 rings (SSSR count). The standard InChI is InChI=1S/C13H20N2O2/c1-2-8-15-13(16)17-10-12(14)9-11-6-4-3-5-7-11/h3-7,12H,2,8-10,14H2,1H3,(H,15,16). The smallest absolute Gasteiger partial charge is 0.407 e. The zero-order valence-electron chi connectivity index (χ0n) is 10.2. The lowest BCUT2D eigenvalue weighted by Gasteiger charge is -2.12. The minimum atomic E-state index is -0.393. The lowest BCUT2D eigenvalue weighted by molar-refractivity contribution is 0.139. The number of benzene rings is 1. The number of carbonyl (C=O) groups is 1.